The average molecular weight is 463 g/mol. The quantitative estimate of drug-likeness (QED) is 0.341. The van der Waals surface area contributed by atoms with Crippen molar-refractivity contribution in [3.05, 3.63) is 59.3 Å². The zero-order chi connectivity index (χ0) is 22.4. The van der Waals surface area contributed by atoms with Gasteiger partial charge >= 0.3 is 0 Å². The van der Waals surface area contributed by atoms with Gasteiger partial charge in [-0.2, -0.15) is 9.57 Å². The Morgan fingerprint density at radius 1 is 1.19 bits per heavy atom. The van der Waals surface area contributed by atoms with Gasteiger partial charge in [0.2, 0.25) is 10.0 Å². The number of phenolic OH excluding ortho intramolecular Hbond substituents is 1. The molecule has 0 atom stereocenters. The van der Waals surface area contributed by atoms with Crippen LogP contribution in [0, 0.1) is 11.3 Å². The lowest BCUT2D eigenvalue weighted by molar-refractivity contribution is -0.112. The summed E-state index contributed by atoms with van der Waals surface area (Å²) in [5.74, 6) is -0.908. The highest BCUT2D eigenvalue weighted by molar-refractivity contribution is 7.89. The van der Waals surface area contributed by atoms with Gasteiger partial charge in [-0.25, -0.2) is 8.42 Å². The fraction of sp³-hybridized carbons (Fsp3) is 0.200. The molecule has 0 spiro atoms. The SMILES string of the molecule is N#C/C(=C/Nc1cc(S(=O)(=O)N2CCOCC2)ccc1Cl)C(=O)Nc1ccccc1O. The lowest BCUT2D eigenvalue weighted by Gasteiger charge is -2.26. The first-order valence-corrected chi connectivity index (χ1v) is 11.0. The summed E-state index contributed by atoms with van der Waals surface area (Å²) >= 11 is 6.15. The number of halogens is 1. The molecule has 2 aromatic rings. The van der Waals surface area contributed by atoms with Crippen molar-refractivity contribution in [2.24, 2.45) is 0 Å². The molecule has 0 saturated carbocycles. The summed E-state index contributed by atoms with van der Waals surface area (Å²) in [6, 6.07) is 12.0. The number of phenols is 1. The van der Waals surface area contributed by atoms with Crippen LogP contribution in [0.15, 0.2) is 59.1 Å². The van der Waals surface area contributed by atoms with Crippen molar-refractivity contribution in [2.75, 3.05) is 36.9 Å². The van der Waals surface area contributed by atoms with E-state index in [0.29, 0.717) is 13.2 Å². The molecule has 2 aromatic carbocycles. The van der Waals surface area contributed by atoms with E-state index < -0.39 is 15.9 Å². The molecule has 162 valence electrons. The molecule has 3 rings (SSSR count). The molecule has 1 heterocycles. The number of amides is 1. The highest BCUT2D eigenvalue weighted by Crippen LogP contribution is 2.28. The Balaban J connectivity index is 1.80. The van der Waals surface area contributed by atoms with Crippen LogP contribution in [0.3, 0.4) is 0 Å². The maximum absolute atomic E-state index is 12.8. The van der Waals surface area contributed by atoms with Gasteiger partial charge in [0.05, 0.1) is 34.5 Å². The van der Waals surface area contributed by atoms with E-state index in [0.717, 1.165) is 6.20 Å². The summed E-state index contributed by atoms with van der Waals surface area (Å²) in [6.07, 6.45) is 1.11. The topological polar surface area (TPSA) is 132 Å². The van der Waals surface area contributed by atoms with Crippen LogP contribution in [-0.4, -0.2) is 50.0 Å². The highest BCUT2D eigenvalue weighted by atomic mass is 35.5. The molecule has 0 unspecified atom stereocenters. The third-order valence-corrected chi connectivity index (χ3v) is 6.66. The number of carbonyl (C=O) groups is 1. The third-order valence-electron chi connectivity index (χ3n) is 4.43. The molecule has 9 nitrogen and oxygen atoms in total. The maximum Gasteiger partial charge on any atom is 0.267 e. The molecule has 0 aliphatic carbocycles. The molecular weight excluding hydrogens is 444 g/mol. The molecule has 1 aliphatic heterocycles. The monoisotopic (exact) mass is 462 g/mol. The van der Waals surface area contributed by atoms with Gasteiger partial charge in [-0.1, -0.05) is 23.7 Å². The Labute approximate surface area is 184 Å². The summed E-state index contributed by atoms with van der Waals surface area (Å²) in [6.45, 7) is 1.13. The number of nitrogens with one attached hydrogen (secondary N) is 2. The van der Waals surface area contributed by atoms with Crippen LogP contribution in [0.4, 0.5) is 11.4 Å². The number of ether oxygens (including phenoxy) is 1. The van der Waals surface area contributed by atoms with Crippen LogP contribution in [0.2, 0.25) is 5.02 Å². The number of hydrogen-bond donors (Lipinski definition) is 3. The fourth-order valence-corrected chi connectivity index (χ4v) is 4.39. The van der Waals surface area contributed by atoms with Crippen LogP contribution in [0.1, 0.15) is 0 Å². The second-order valence-electron chi connectivity index (χ2n) is 6.44. The first-order chi connectivity index (χ1) is 14.8. The van der Waals surface area contributed by atoms with E-state index in [2.05, 4.69) is 10.6 Å². The van der Waals surface area contributed by atoms with E-state index in [1.54, 1.807) is 18.2 Å². The second kappa shape index (κ2) is 9.80. The van der Waals surface area contributed by atoms with E-state index in [1.165, 1.54) is 34.6 Å². The minimum Gasteiger partial charge on any atom is -0.506 e. The van der Waals surface area contributed by atoms with Crippen molar-refractivity contribution in [3.8, 4) is 11.8 Å². The van der Waals surface area contributed by atoms with Gasteiger partial charge in [0.1, 0.15) is 17.4 Å². The van der Waals surface area contributed by atoms with Gasteiger partial charge in [0.25, 0.3) is 5.91 Å². The molecule has 11 heteroatoms. The number of aromatic hydroxyl groups is 1. The number of sulfonamides is 1. The molecule has 1 aliphatic rings. The zero-order valence-electron chi connectivity index (χ0n) is 16.2. The number of hydrogen-bond acceptors (Lipinski definition) is 7. The summed E-state index contributed by atoms with van der Waals surface area (Å²) in [5, 5.41) is 24.4. The van der Waals surface area contributed by atoms with Crippen molar-refractivity contribution < 1.29 is 23.1 Å². The number of nitriles is 1. The molecular formula is C20H19ClN4O5S. The average Bonchev–Trinajstić information content (AvgIpc) is 2.77. The van der Waals surface area contributed by atoms with E-state index in [4.69, 9.17) is 16.3 Å². The van der Waals surface area contributed by atoms with Crippen LogP contribution < -0.4 is 10.6 Å². The standard InChI is InChI=1S/C20H19ClN4O5S/c21-16-6-5-15(31(28,29)25-7-9-30-10-8-25)11-18(16)23-13-14(12-22)20(27)24-17-3-1-2-4-19(17)26/h1-6,11,13,23,26H,7-10H2,(H,24,27)/b14-13-. The third kappa shape index (κ3) is 5.34. The first-order valence-electron chi connectivity index (χ1n) is 9.16. The zero-order valence-corrected chi connectivity index (χ0v) is 17.8. The predicted octanol–water partition coefficient (Wildman–Crippen LogP) is 2.52. The highest BCUT2D eigenvalue weighted by Gasteiger charge is 2.26. The minimum atomic E-state index is -3.75. The molecule has 3 N–H and O–H groups in total. The fourth-order valence-electron chi connectivity index (χ4n) is 2.78. The Kier molecular flexibility index (Phi) is 7.14. The Morgan fingerprint density at radius 2 is 1.90 bits per heavy atom. The van der Waals surface area contributed by atoms with Crippen molar-refractivity contribution in [1.29, 1.82) is 5.26 Å². The summed E-state index contributed by atoms with van der Waals surface area (Å²) in [4.78, 5) is 12.4. The van der Waals surface area contributed by atoms with E-state index in [-0.39, 0.29) is 45.7 Å². The molecule has 0 radical (unpaired) electrons. The number of benzene rings is 2. The number of rotatable bonds is 6. The summed E-state index contributed by atoms with van der Waals surface area (Å²) in [5.41, 5.74) is 0.0464. The van der Waals surface area contributed by atoms with Crippen LogP contribution in [-0.2, 0) is 19.6 Å². The maximum atomic E-state index is 12.8. The second-order valence-corrected chi connectivity index (χ2v) is 8.79. The molecule has 1 fully saturated rings. The number of para-hydroxylation sites is 2. The van der Waals surface area contributed by atoms with Crippen LogP contribution >= 0.6 is 11.6 Å². The summed E-state index contributed by atoms with van der Waals surface area (Å²) < 4.78 is 32.2. The van der Waals surface area contributed by atoms with E-state index in [1.807, 2.05) is 0 Å². The molecule has 0 aromatic heterocycles. The van der Waals surface area contributed by atoms with Crippen molar-refractivity contribution in [2.45, 2.75) is 4.90 Å². The van der Waals surface area contributed by atoms with Gasteiger partial charge in [-0.15, -0.1) is 0 Å². The number of morpholine rings is 1. The number of nitrogens with zero attached hydrogens (tertiary/aromatic N) is 2. The molecule has 1 amide bonds. The van der Waals surface area contributed by atoms with Gasteiger partial charge in [-0.05, 0) is 30.3 Å². The Bertz CT molecular complexity index is 1150. The predicted molar refractivity (Wildman–Crippen MR) is 115 cm³/mol. The van der Waals surface area contributed by atoms with Crippen molar-refractivity contribution >= 4 is 38.9 Å². The van der Waals surface area contributed by atoms with Crippen molar-refractivity contribution in [3.63, 3.8) is 0 Å². The molecule has 31 heavy (non-hydrogen) atoms. The van der Waals surface area contributed by atoms with E-state index >= 15 is 0 Å². The van der Waals surface area contributed by atoms with Crippen molar-refractivity contribution in [1.82, 2.24) is 4.31 Å². The summed E-state index contributed by atoms with van der Waals surface area (Å²) in [7, 11) is -3.75. The normalized spacial score (nSPS) is 15.2. The van der Waals surface area contributed by atoms with E-state index in [9.17, 15) is 23.6 Å². The minimum absolute atomic E-state index is 0.0202. The Hall–Kier alpha value is -3.10. The van der Waals surface area contributed by atoms with Crippen LogP contribution in [0.5, 0.6) is 5.75 Å². The molecule has 0 bridgehead atoms. The smallest absolute Gasteiger partial charge is 0.267 e. The molecule has 1 saturated heterocycles. The largest absolute Gasteiger partial charge is 0.506 e. The van der Waals surface area contributed by atoms with Gasteiger partial charge in [0.15, 0.2) is 0 Å². The lowest BCUT2D eigenvalue weighted by atomic mass is 10.2. The van der Waals surface area contributed by atoms with Crippen LogP contribution in [0.25, 0.3) is 0 Å². The number of carbonyl (C=O) groups excluding carboxylic acids is 1. The van der Waals surface area contributed by atoms with Gasteiger partial charge < -0.3 is 20.5 Å². The Morgan fingerprint density at radius 3 is 2.58 bits per heavy atom. The first kappa shape index (κ1) is 22.6. The van der Waals surface area contributed by atoms with Gasteiger partial charge in [0, 0.05) is 19.3 Å². The lowest BCUT2D eigenvalue weighted by Crippen LogP contribution is -2.40. The number of anilines is 2. The van der Waals surface area contributed by atoms with Gasteiger partial charge in [-0.3, -0.25) is 4.79 Å².